The van der Waals surface area contributed by atoms with Crippen molar-refractivity contribution < 1.29 is 9.53 Å². The Morgan fingerprint density at radius 2 is 2.00 bits per heavy atom. The molecule has 0 atom stereocenters. The molecule has 15 heavy (non-hydrogen) atoms. The molecule has 2 rings (SSSR count). The summed E-state index contributed by atoms with van der Waals surface area (Å²) in [7, 11) is 0. The third kappa shape index (κ3) is 1.92. The van der Waals surface area contributed by atoms with Gasteiger partial charge >= 0.3 is 5.97 Å². The number of carbonyl (C=O) groups is 1. The van der Waals surface area contributed by atoms with Crippen LogP contribution in [0.1, 0.15) is 12.5 Å². The SMILES string of the molecule is C/C=C1\N=C(c2ccc(Cl)cc2)OC1=O. The summed E-state index contributed by atoms with van der Waals surface area (Å²) >= 11 is 5.74. The Labute approximate surface area is 92.0 Å². The number of carbonyl (C=O) groups excluding carboxylic acids is 1. The molecule has 0 saturated carbocycles. The molecule has 0 radical (unpaired) electrons. The fraction of sp³-hybridized carbons (Fsp3) is 0.0909. The molecule has 0 unspecified atom stereocenters. The number of cyclic esters (lactones) is 1. The lowest BCUT2D eigenvalue weighted by Gasteiger charge is -1.98. The predicted octanol–water partition coefficient (Wildman–Crippen LogP) is 2.55. The number of nitrogens with zero attached hydrogens (tertiary/aromatic N) is 1. The highest BCUT2D eigenvalue weighted by Crippen LogP contribution is 2.17. The molecule has 76 valence electrons. The van der Waals surface area contributed by atoms with E-state index in [1.807, 2.05) is 0 Å². The Balaban J connectivity index is 2.34. The third-order valence-electron chi connectivity index (χ3n) is 1.99. The van der Waals surface area contributed by atoms with E-state index in [1.165, 1.54) is 0 Å². The zero-order valence-corrected chi connectivity index (χ0v) is 8.78. The van der Waals surface area contributed by atoms with Gasteiger partial charge in [0, 0.05) is 10.6 Å². The number of ether oxygens (including phenoxy) is 1. The van der Waals surface area contributed by atoms with E-state index in [0.717, 1.165) is 5.56 Å². The van der Waals surface area contributed by atoms with Crippen LogP contribution < -0.4 is 0 Å². The van der Waals surface area contributed by atoms with Crippen LogP contribution in [-0.2, 0) is 9.53 Å². The zero-order chi connectivity index (χ0) is 10.8. The van der Waals surface area contributed by atoms with Gasteiger partial charge in [-0.25, -0.2) is 9.79 Å². The van der Waals surface area contributed by atoms with Crippen molar-refractivity contribution >= 4 is 23.5 Å². The van der Waals surface area contributed by atoms with Gasteiger partial charge in [0.1, 0.15) is 5.70 Å². The van der Waals surface area contributed by atoms with Gasteiger partial charge < -0.3 is 4.74 Å². The van der Waals surface area contributed by atoms with E-state index in [4.69, 9.17) is 16.3 Å². The smallest absolute Gasteiger partial charge is 0.363 e. The van der Waals surface area contributed by atoms with Crippen LogP contribution in [0.25, 0.3) is 0 Å². The summed E-state index contributed by atoms with van der Waals surface area (Å²) in [5.74, 6) is -0.0905. The van der Waals surface area contributed by atoms with Gasteiger partial charge in [0.05, 0.1) is 0 Å². The van der Waals surface area contributed by atoms with Crippen LogP contribution in [0.2, 0.25) is 5.02 Å². The number of rotatable bonds is 1. The number of esters is 1. The second-order valence-electron chi connectivity index (χ2n) is 2.99. The number of benzene rings is 1. The summed E-state index contributed by atoms with van der Waals surface area (Å²) in [5.41, 5.74) is 1.07. The lowest BCUT2D eigenvalue weighted by atomic mass is 10.2. The van der Waals surface area contributed by atoms with Crippen molar-refractivity contribution in [3.8, 4) is 0 Å². The summed E-state index contributed by atoms with van der Waals surface area (Å²) in [6.07, 6.45) is 1.62. The van der Waals surface area contributed by atoms with Crippen LogP contribution in [0, 0.1) is 0 Å². The summed E-state index contributed by atoms with van der Waals surface area (Å²) in [4.78, 5) is 15.3. The summed E-state index contributed by atoms with van der Waals surface area (Å²) < 4.78 is 4.99. The van der Waals surface area contributed by atoms with Gasteiger partial charge in [-0.2, -0.15) is 0 Å². The van der Waals surface area contributed by atoms with E-state index in [0.29, 0.717) is 16.6 Å². The van der Waals surface area contributed by atoms with Gasteiger partial charge in [0.25, 0.3) is 0 Å². The highest BCUT2D eigenvalue weighted by Gasteiger charge is 2.22. The first kappa shape index (κ1) is 9.93. The molecule has 0 amide bonds. The normalized spacial score (nSPS) is 17.9. The summed E-state index contributed by atoms with van der Waals surface area (Å²) in [6, 6.07) is 6.96. The first-order valence-corrected chi connectivity index (χ1v) is 4.81. The lowest BCUT2D eigenvalue weighted by molar-refractivity contribution is -0.130. The molecule has 0 saturated heterocycles. The summed E-state index contributed by atoms with van der Waals surface area (Å²) in [5, 5.41) is 0.634. The molecule has 1 aromatic rings. The highest BCUT2D eigenvalue weighted by molar-refractivity contribution is 6.30. The van der Waals surface area contributed by atoms with Crippen molar-refractivity contribution in [2.45, 2.75) is 6.92 Å². The molecule has 0 N–H and O–H groups in total. The number of allylic oxidation sites excluding steroid dienone is 1. The average Bonchev–Trinajstić information content (AvgIpc) is 2.61. The van der Waals surface area contributed by atoms with Gasteiger partial charge in [-0.15, -0.1) is 0 Å². The fourth-order valence-corrected chi connectivity index (χ4v) is 1.34. The van der Waals surface area contributed by atoms with Crippen LogP contribution in [0.3, 0.4) is 0 Å². The molecule has 1 aliphatic heterocycles. The Hall–Kier alpha value is -1.61. The minimum atomic E-state index is -0.414. The largest absolute Gasteiger partial charge is 0.402 e. The van der Waals surface area contributed by atoms with Crippen LogP contribution in [-0.4, -0.2) is 11.9 Å². The molecular formula is C11H8ClNO2. The summed E-state index contributed by atoms with van der Waals surface area (Å²) in [6.45, 7) is 1.74. The molecule has 1 heterocycles. The van der Waals surface area contributed by atoms with Crippen LogP contribution in [0.4, 0.5) is 0 Å². The monoisotopic (exact) mass is 221 g/mol. The first-order chi connectivity index (χ1) is 7.20. The van der Waals surface area contributed by atoms with Crippen molar-refractivity contribution in [3.63, 3.8) is 0 Å². The molecule has 0 aliphatic carbocycles. The maximum Gasteiger partial charge on any atom is 0.363 e. The van der Waals surface area contributed by atoms with E-state index in [1.54, 1.807) is 37.3 Å². The Bertz CT molecular complexity index is 460. The molecule has 3 nitrogen and oxygen atoms in total. The van der Waals surface area contributed by atoms with Crippen molar-refractivity contribution in [2.24, 2.45) is 4.99 Å². The van der Waals surface area contributed by atoms with E-state index in [-0.39, 0.29) is 0 Å². The molecule has 1 aliphatic rings. The molecule has 1 aromatic carbocycles. The molecule has 0 bridgehead atoms. The van der Waals surface area contributed by atoms with Crippen LogP contribution >= 0.6 is 11.6 Å². The standard InChI is InChI=1S/C11H8ClNO2/c1-2-9-11(14)15-10(13-9)7-3-5-8(12)6-4-7/h2-6H,1H3/b9-2-. The first-order valence-electron chi connectivity index (χ1n) is 4.44. The minimum absolute atomic E-state index is 0.324. The maximum absolute atomic E-state index is 11.2. The molecule has 0 spiro atoms. The van der Waals surface area contributed by atoms with Gasteiger partial charge in [-0.3, -0.25) is 0 Å². The van der Waals surface area contributed by atoms with Gasteiger partial charge in [-0.05, 0) is 31.2 Å². The quantitative estimate of drug-likeness (QED) is 0.540. The second kappa shape index (κ2) is 3.87. The highest BCUT2D eigenvalue weighted by atomic mass is 35.5. The Morgan fingerprint density at radius 3 is 2.53 bits per heavy atom. The topological polar surface area (TPSA) is 38.7 Å². The van der Waals surface area contributed by atoms with Gasteiger partial charge in [-0.1, -0.05) is 17.7 Å². The predicted molar refractivity (Wildman–Crippen MR) is 57.8 cm³/mol. The van der Waals surface area contributed by atoms with E-state index < -0.39 is 5.97 Å². The van der Waals surface area contributed by atoms with E-state index in [2.05, 4.69) is 4.99 Å². The van der Waals surface area contributed by atoms with Gasteiger partial charge in [0.2, 0.25) is 5.90 Å². The van der Waals surface area contributed by atoms with Crippen LogP contribution in [0.5, 0.6) is 0 Å². The maximum atomic E-state index is 11.2. The Kier molecular flexibility index (Phi) is 2.56. The average molecular weight is 222 g/mol. The minimum Gasteiger partial charge on any atom is -0.402 e. The van der Waals surface area contributed by atoms with Crippen molar-refractivity contribution in [1.82, 2.24) is 0 Å². The zero-order valence-electron chi connectivity index (χ0n) is 8.03. The molecule has 4 heteroatoms. The van der Waals surface area contributed by atoms with Crippen molar-refractivity contribution in [3.05, 3.63) is 46.6 Å². The number of aliphatic imine (C=N–C) groups is 1. The second-order valence-corrected chi connectivity index (χ2v) is 3.42. The molecular weight excluding hydrogens is 214 g/mol. The fourth-order valence-electron chi connectivity index (χ4n) is 1.22. The van der Waals surface area contributed by atoms with E-state index in [9.17, 15) is 4.79 Å². The number of hydrogen-bond acceptors (Lipinski definition) is 3. The lowest BCUT2D eigenvalue weighted by Crippen LogP contribution is -2.04. The Morgan fingerprint density at radius 1 is 1.33 bits per heavy atom. The number of hydrogen-bond donors (Lipinski definition) is 0. The van der Waals surface area contributed by atoms with Crippen molar-refractivity contribution in [1.29, 1.82) is 0 Å². The van der Waals surface area contributed by atoms with Crippen LogP contribution in [0.15, 0.2) is 41.0 Å². The molecule has 0 aromatic heterocycles. The number of halogens is 1. The van der Waals surface area contributed by atoms with E-state index >= 15 is 0 Å². The van der Waals surface area contributed by atoms with Crippen molar-refractivity contribution in [2.75, 3.05) is 0 Å². The third-order valence-corrected chi connectivity index (χ3v) is 2.24. The van der Waals surface area contributed by atoms with Gasteiger partial charge in [0.15, 0.2) is 0 Å². The molecule has 0 fully saturated rings.